The molecule has 0 aliphatic carbocycles. The van der Waals surface area contributed by atoms with Crippen molar-refractivity contribution in [2.45, 2.75) is 25.9 Å². The first-order chi connectivity index (χ1) is 11.0. The average Bonchev–Trinajstić information content (AvgIpc) is 2.52. The van der Waals surface area contributed by atoms with Gasteiger partial charge in [-0.2, -0.15) is 0 Å². The molecule has 23 heavy (non-hydrogen) atoms. The molecule has 0 unspecified atom stereocenters. The second kappa shape index (κ2) is 7.92. The Morgan fingerprint density at radius 3 is 2.96 bits per heavy atom. The van der Waals surface area contributed by atoms with Crippen LogP contribution in [0, 0.1) is 5.82 Å². The number of methoxy groups -OCH3 is 1. The van der Waals surface area contributed by atoms with E-state index in [1.165, 1.54) is 13.2 Å². The van der Waals surface area contributed by atoms with Crippen LogP contribution in [0.2, 0.25) is 0 Å². The van der Waals surface area contributed by atoms with Gasteiger partial charge in [-0.1, -0.05) is 6.07 Å². The lowest BCUT2D eigenvalue weighted by Gasteiger charge is -2.34. The number of hydrogen-bond donors (Lipinski definition) is 2. The molecule has 0 radical (unpaired) electrons. The van der Waals surface area contributed by atoms with Crippen molar-refractivity contribution in [1.82, 2.24) is 15.5 Å². The topological polar surface area (TPSA) is 70.7 Å². The van der Waals surface area contributed by atoms with Crippen molar-refractivity contribution in [1.29, 1.82) is 0 Å². The molecular weight excluding hydrogens is 301 g/mol. The summed E-state index contributed by atoms with van der Waals surface area (Å²) in [6.07, 6.45) is 0.0669. The molecule has 1 saturated heterocycles. The Bertz CT molecular complexity index is 580. The molecule has 6 nitrogen and oxygen atoms in total. The van der Waals surface area contributed by atoms with Crippen LogP contribution in [0.3, 0.4) is 0 Å². The summed E-state index contributed by atoms with van der Waals surface area (Å²) in [5, 5.41) is 5.44. The molecule has 0 bridgehead atoms. The van der Waals surface area contributed by atoms with Gasteiger partial charge >= 0.3 is 0 Å². The average molecular weight is 323 g/mol. The number of halogens is 1. The lowest BCUT2D eigenvalue weighted by Crippen LogP contribution is -2.56. The van der Waals surface area contributed by atoms with Gasteiger partial charge in [0.25, 0.3) is 0 Å². The number of carbonyl (C=O) groups is 2. The normalized spacial score (nSPS) is 18.4. The minimum Gasteiger partial charge on any atom is -0.497 e. The summed E-state index contributed by atoms with van der Waals surface area (Å²) in [6, 6.07) is 4.06. The van der Waals surface area contributed by atoms with E-state index >= 15 is 0 Å². The van der Waals surface area contributed by atoms with Crippen LogP contribution in [0.25, 0.3) is 0 Å². The summed E-state index contributed by atoms with van der Waals surface area (Å²) >= 11 is 0. The second-order valence-electron chi connectivity index (χ2n) is 5.39. The fourth-order valence-electron chi connectivity index (χ4n) is 2.62. The lowest BCUT2D eigenvalue weighted by molar-refractivity contribution is -0.134. The van der Waals surface area contributed by atoms with E-state index in [1.807, 2.05) is 11.8 Å². The monoisotopic (exact) mass is 323 g/mol. The van der Waals surface area contributed by atoms with Crippen LogP contribution in [-0.4, -0.2) is 49.5 Å². The third-order valence-electron chi connectivity index (χ3n) is 3.83. The summed E-state index contributed by atoms with van der Waals surface area (Å²) in [7, 11) is 1.48. The summed E-state index contributed by atoms with van der Waals surface area (Å²) in [5.74, 6) is -0.320. The number of amides is 2. The van der Waals surface area contributed by atoms with Crippen molar-refractivity contribution in [3.63, 3.8) is 0 Å². The highest BCUT2D eigenvalue weighted by Crippen LogP contribution is 2.20. The minimum atomic E-state index is -0.586. The van der Waals surface area contributed by atoms with E-state index in [0.29, 0.717) is 30.9 Å². The van der Waals surface area contributed by atoms with Crippen molar-refractivity contribution in [2.24, 2.45) is 0 Å². The van der Waals surface area contributed by atoms with Crippen LogP contribution in [0.4, 0.5) is 4.39 Å². The first-order valence-electron chi connectivity index (χ1n) is 7.66. The largest absolute Gasteiger partial charge is 0.497 e. The lowest BCUT2D eigenvalue weighted by atomic mass is 10.1. The maximum absolute atomic E-state index is 14.1. The van der Waals surface area contributed by atoms with E-state index in [-0.39, 0.29) is 30.6 Å². The SMILES string of the molecule is CCNC(=O)C[C@@H]1C(=O)NCCN1Cc1ccc(OC)cc1F. The fourth-order valence-corrected chi connectivity index (χ4v) is 2.62. The molecule has 2 rings (SSSR count). The Morgan fingerprint density at radius 2 is 2.30 bits per heavy atom. The molecule has 126 valence electrons. The Kier molecular flexibility index (Phi) is 5.92. The van der Waals surface area contributed by atoms with Gasteiger partial charge in [-0.05, 0) is 13.0 Å². The van der Waals surface area contributed by atoms with E-state index in [9.17, 15) is 14.0 Å². The van der Waals surface area contributed by atoms with Gasteiger partial charge in [0.1, 0.15) is 11.6 Å². The Balaban J connectivity index is 2.11. The Labute approximate surface area is 135 Å². The standard InChI is InChI=1S/C16H22FN3O3/c1-3-18-15(21)9-14-16(22)19-6-7-20(14)10-11-4-5-12(23-2)8-13(11)17/h4-5,8,14H,3,6-7,9-10H2,1-2H3,(H,18,21)(H,19,22)/t14-/m1/s1. The van der Waals surface area contributed by atoms with Crippen molar-refractivity contribution >= 4 is 11.8 Å². The zero-order valence-electron chi connectivity index (χ0n) is 13.4. The number of nitrogens with one attached hydrogen (secondary N) is 2. The van der Waals surface area contributed by atoms with Gasteiger partial charge in [-0.3, -0.25) is 14.5 Å². The van der Waals surface area contributed by atoms with Crippen molar-refractivity contribution < 1.29 is 18.7 Å². The molecule has 1 heterocycles. The summed E-state index contributed by atoms with van der Waals surface area (Å²) < 4.78 is 19.1. The van der Waals surface area contributed by atoms with Gasteiger partial charge in [0.05, 0.1) is 19.6 Å². The zero-order valence-corrected chi connectivity index (χ0v) is 13.4. The molecule has 7 heteroatoms. The Morgan fingerprint density at radius 1 is 1.52 bits per heavy atom. The zero-order chi connectivity index (χ0) is 16.8. The maximum Gasteiger partial charge on any atom is 0.237 e. The van der Waals surface area contributed by atoms with E-state index < -0.39 is 6.04 Å². The number of rotatable bonds is 6. The molecule has 1 aromatic rings. The molecule has 1 aliphatic rings. The van der Waals surface area contributed by atoms with E-state index in [2.05, 4.69) is 10.6 Å². The highest BCUT2D eigenvalue weighted by Gasteiger charge is 2.31. The van der Waals surface area contributed by atoms with Crippen LogP contribution in [0.15, 0.2) is 18.2 Å². The highest BCUT2D eigenvalue weighted by atomic mass is 19.1. The van der Waals surface area contributed by atoms with Gasteiger partial charge in [0, 0.05) is 37.8 Å². The van der Waals surface area contributed by atoms with Gasteiger partial charge in [0.15, 0.2) is 0 Å². The third-order valence-corrected chi connectivity index (χ3v) is 3.83. The second-order valence-corrected chi connectivity index (χ2v) is 5.39. The highest BCUT2D eigenvalue weighted by molar-refractivity contribution is 5.88. The maximum atomic E-state index is 14.1. The predicted molar refractivity (Wildman–Crippen MR) is 83.5 cm³/mol. The molecule has 1 aliphatic heterocycles. The smallest absolute Gasteiger partial charge is 0.237 e. The van der Waals surface area contributed by atoms with Gasteiger partial charge < -0.3 is 15.4 Å². The number of carbonyl (C=O) groups excluding carboxylic acids is 2. The third kappa shape index (κ3) is 4.41. The molecule has 2 amide bonds. The van der Waals surface area contributed by atoms with Crippen LogP contribution in [0.1, 0.15) is 18.9 Å². The molecule has 0 aromatic heterocycles. The van der Waals surface area contributed by atoms with Crippen LogP contribution >= 0.6 is 0 Å². The van der Waals surface area contributed by atoms with Crippen molar-refractivity contribution in [3.05, 3.63) is 29.6 Å². The first-order valence-corrected chi connectivity index (χ1v) is 7.66. The van der Waals surface area contributed by atoms with Crippen molar-refractivity contribution in [2.75, 3.05) is 26.7 Å². The van der Waals surface area contributed by atoms with Gasteiger partial charge in [-0.15, -0.1) is 0 Å². The Hall–Kier alpha value is -2.15. The fraction of sp³-hybridized carbons (Fsp3) is 0.500. The summed E-state index contributed by atoms with van der Waals surface area (Å²) in [5.41, 5.74) is 0.474. The summed E-state index contributed by atoms with van der Waals surface area (Å²) in [4.78, 5) is 25.7. The van der Waals surface area contributed by atoms with Gasteiger partial charge in [0.2, 0.25) is 11.8 Å². The van der Waals surface area contributed by atoms with Crippen LogP contribution < -0.4 is 15.4 Å². The summed E-state index contributed by atoms with van der Waals surface area (Å²) in [6.45, 7) is 3.67. The number of piperazine rings is 1. The minimum absolute atomic E-state index is 0.0669. The molecule has 0 saturated carbocycles. The molecule has 0 spiro atoms. The van der Waals surface area contributed by atoms with E-state index in [0.717, 1.165) is 0 Å². The molecular formula is C16H22FN3O3. The first kappa shape index (κ1) is 17.2. The van der Waals surface area contributed by atoms with Crippen molar-refractivity contribution in [3.8, 4) is 5.75 Å². The number of nitrogens with zero attached hydrogens (tertiary/aromatic N) is 1. The van der Waals surface area contributed by atoms with Gasteiger partial charge in [-0.25, -0.2) is 4.39 Å². The molecule has 2 N–H and O–H groups in total. The predicted octanol–water partition coefficient (Wildman–Crippen LogP) is 0.661. The van der Waals surface area contributed by atoms with E-state index in [4.69, 9.17) is 4.74 Å². The molecule has 1 atom stereocenters. The molecule has 1 fully saturated rings. The van der Waals surface area contributed by atoms with Crippen LogP contribution in [0.5, 0.6) is 5.75 Å². The van der Waals surface area contributed by atoms with E-state index in [1.54, 1.807) is 12.1 Å². The number of benzene rings is 1. The number of hydrogen-bond acceptors (Lipinski definition) is 4. The number of ether oxygens (including phenoxy) is 1. The quantitative estimate of drug-likeness (QED) is 0.807. The molecule has 1 aromatic carbocycles. The van der Waals surface area contributed by atoms with Crippen LogP contribution in [-0.2, 0) is 16.1 Å².